The number of amides is 1. The maximum atomic E-state index is 13.7. The molecule has 0 fully saturated rings. The van der Waals surface area contributed by atoms with Crippen molar-refractivity contribution in [1.29, 1.82) is 0 Å². The summed E-state index contributed by atoms with van der Waals surface area (Å²) in [7, 11) is 3.87. The van der Waals surface area contributed by atoms with E-state index in [1.807, 2.05) is 43.3 Å². The number of nitrogens with zero attached hydrogens (tertiary/aromatic N) is 3. The highest BCUT2D eigenvalue weighted by Gasteiger charge is 2.45. The second-order valence-electron chi connectivity index (χ2n) is 8.37. The van der Waals surface area contributed by atoms with Crippen molar-refractivity contribution in [2.75, 3.05) is 30.5 Å². The first-order valence-corrected chi connectivity index (χ1v) is 11.9. The van der Waals surface area contributed by atoms with Crippen LogP contribution < -0.4 is 15.2 Å². The van der Waals surface area contributed by atoms with Crippen molar-refractivity contribution in [3.05, 3.63) is 86.2 Å². The maximum absolute atomic E-state index is 13.7. The highest BCUT2D eigenvalue weighted by molar-refractivity contribution is 7.17. The highest BCUT2D eigenvalue weighted by Crippen LogP contribution is 2.43. The van der Waals surface area contributed by atoms with Crippen LogP contribution in [0.25, 0.3) is 11.0 Å². The van der Waals surface area contributed by atoms with E-state index in [1.165, 1.54) is 4.90 Å². The number of para-hydroxylation sites is 1. The largest absolute Gasteiger partial charge is 0.462 e. The molecule has 178 valence electrons. The Balaban J connectivity index is 1.73. The van der Waals surface area contributed by atoms with Gasteiger partial charge in [-0.05, 0) is 43.7 Å². The molecule has 35 heavy (non-hydrogen) atoms. The lowest BCUT2D eigenvalue weighted by Crippen LogP contribution is -2.29. The molecule has 0 aliphatic carbocycles. The van der Waals surface area contributed by atoms with Gasteiger partial charge in [-0.3, -0.25) is 14.5 Å². The van der Waals surface area contributed by atoms with E-state index in [-0.39, 0.29) is 23.4 Å². The summed E-state index contributed by atoms with van der Waals surface area (Å²) in [6, 6.07) is 13.7. The third kappa shape index (κ3) is 3.68. The molecule has 0 radical (unpaired) electrons. The SMILES string of the molecule is CCOC(=O)c1sc(N2C(=O)c3oc4ccccc4c(=O)c3C2c2ccc(N(C)C)cc2)nc1C. The molecule has 0 bridgehead atoms. The van der Waals surface area contributed by atoms with Crippen molar-refractivity contribution in [1.82, 2.24) is 4.98 Å². The van der Waals surface area contributed by atoms with Crippen LogP contribution >= 0.6 is 11.3 Å². The Bertz CT molecular complexity index is 1520. The predicted molar refractivity (Wildman–Crippen MR) is 135 cm³/mol. The van der Waals surface area contributed by atoms with E-state index in [4.69, 9.17) is 9.15 Å². The minimum absolute atomic E-state index is 0.0130. The van der Waals surface area contributed by atoms with Crippen molar-refractivity contribution in [3.63, 3.8) is 0 Å². The molecule has 5 rings (SSSR count). The molecule has 0 spiro atoms. The Kier molecular flexibility index (Phi) is 5.64. The molecule has 1 atom stereocenters. The molecular formula is C26H23N3O5S. The molecule has 8 nitrogen and oxygen atoms in total. The summed E-state index contributed by atoms with van der Waals surface area (Å²) in [6.07, 6.45) is 0. The maximum Gasteiger partial charge on any atom is 0.350 e. The fourth-order valence-corrected chi connectivity index (χ4v) is 5.25. The number of hydrogen-bond acceptors (Lipinski definition) is 8. The Morgan fingerprint density at radius 2 is 1.86 bits per heavy atom. The molecule has 0 saturated carbocycles. The smallest absolute Gasteiger partial charge is 0.350 e. The molecule has 3 heterocycles. The number of ether oxygens (including phenoxy) is 1. The summed E-state index contributed by atoms with van der Waals surface area (Å²) in [6.45, 7) is 3.65. The van der Waals surface area contributed by atoms with Gasteiger partial charge in [0.05, 0.1) is 29.3 Å². The fraction of sp³-hybridized carbons (Fsp3) is 0.231. The first kappa shape index (κ1) is 22.8. The number of carbonyl (C=O) groups excluding carboxylic acids is 2. The lowest BCUT2D eigenvalue weighted by atomic mass is 9.98. The van der Waals surface area contributed by atoms with Gasteiger partial charge in [0.2, 0.25) is 5.76 Å². The van der Waals surface area contributed by atoms with Gasteiger partial charge in [-0.25, -0.2) is 9.78 Å². The Morgan fingerprint density at radius 1 is 1.14 bits per heavy atom. The number of thiazole rings is 1. The van der Waals surface area contributed by atoms with Crippen LogP contribution in [0.2, 0.25) is 0 Å². The number of carbonyl (C=O) groups is 2. The molecule has 2 aromatic heterocycles. The second kappa shape index (κ2) is 8.66. The second-order valence-corrected chi connectivity index (χ2v) is 9.34. The zero-order valence-corrected chi connectivity index (χ0v) is 20.5. The van der Waals surface area contributed by atoms with Crippen LogP contribution in [-0.4, -0.2) is 37.6 Å². The van der Waals surface area contributed by atoms with Crippen LogP contribution in [-0.2, 0) is 4.74 Å². The monoisotopic (exact) mass is 489 g/mol. The predicted octanol–water partition coefficient (Wildman–Crippen LogP) is 4.55. The first-order valence-electron chi connectivity index (χ1n) is 11.1. The topological polar surface area (TPSA) is 92.9 Å². The van der Waals surface area contributed by atoms with Crippen molar-refractivity contribution in [3.8, 4) is 0 Å². The molecular weight excluding hydrogens is 466 g/mol. The lowest BCUT2D eigenvalue weighted by Gasteiger charge is -2.23. The molecule has 2 aromatic carbocycles. The van der Waals surface area contributed by atoms with Crippen molar-refractivity contribution >= 4 is 45.0 Å². The van der Waals surface area contributed by atoms with Gasteiger partial charge in [0.25, 0.3) is 5.91 Å². The number of aromatic nitrogens is 1. The fourth-order valence-electron chi connectivity index (χ4n) is 4.26. The molecule has 0 saturated heterocycles. The lowest BCUT2D eigenvalue weighted by molar-refractivity contribution is 0.0531. The van der Waals surface area contributed by atoms with Gasteiger partial charge in [-0.15, -0.1) is 0 Å². The average molecular weight is 490 g/mol. The third-order valence-electron chi connectivity index (χ3n) is 5.96. The van der Waals surface area contributed by atoms with Crippen LogP contribution in [0.3, 0.4) is 0 Å². The summed E-state index contributed by atoms with van der Waals surface area (Å²) in [5, 5.41) is 0.699. The van der Waals surface area contributed by atoms with Gasteiger partial charge >= 0.3 is 5.97 Å². The first-order chi connectivity index (χ1) is 16.8. The van der Waals surface area contributed by atoms with Crippen LogP contribution in [0.1, 0.15) is 50.0 Å². The molecule has 1 aliphatic heterocycles. The number of aryl methyl sites for hydroxylation is 1. The normalized spacial score (nSPS) is 14.9. The number of rotatable bonds is 5. The molecule has 1 amide bonds. The third-order valence-corrected chi connectivity index (χ3v) is 7.09. The highest BCUT2D eigenvalue weighted by atomic mass is 32.1. The standard InChI is InChI=1S/C26H23N3O5S/c1-5-33-25(32)23-14(2)27-26(35-23)29-20(15-10-12-16(13-11-15)28(3)4)19-21(30)17-8-6-7-9-18(17)34-22(19)24(29)31/h6-13,20H,5H2,1-4H3. The summed E-state index contributed by atoms with van der Waals surface area (Å²) in [5.74, 6) is -0.987. The van der Waals surface area contributed by atoms with Gasteiger partial charge in [0.15, 0.2) is 10.6 Å². The van der Waals surface area contributed by atoms with Gasteiger partial charge < -0.3 is 14.1 Å². The van der Waals surface area contributed by atoms with Crippen molar-refractivity contribution in [2.24, 2.45) is 0 Å². The zero-order chi connectivity index (χ0) is 24.9. The quantitative estimate of drug-likeness (QED) is 0.380. The van der Waals surface area contributed by atoms with Crippen LogP contribution in [0.5, 0.6) is 0 Å². The van der Waals surface area contributed by atoms with Gasteiger partial charge in [0, 0.05) is 19.8 Å². The van der Waals surface area contributed by atoms with Crippen LogP contribution in [0.15, 0.2) is 57.7 Å². The van der Waals surface area contributed by atoms with E-state index < -0.39 is 17.9 Å². The molecule has 4 aromatic rings. The summed E-state index contributed by atoms with van der Waals surface area (Å²) in [5.41, 5.74) is 2.50. The molecule has 1 aliphatic rings. The van der Waals surface area contributed by atoms with Crippen LogP contribution in [0.4, 0.5) is 10.8 Å². The Hall–Kier alpha value is -3.98. The minimum Gasteiger partial charge on any atom is -0.462 e. The average Bonchev–Trinajstić information content (AvgIpc) is 3.37. The minimum atomic E-state index is -0.754. The van der Waals surface area contributed by atoms with E-state index in [1.54, 1.807) is 38.1 Å². The summed E-state index contributed by atoms with van der Waals surface area (Å²) < 4.78 is 11.1. The van der Waals surface area contributed by atoms with E-state index in [0.717, 1.165) is 22.6 Å². The number of anilines is 2. The van der Waals surface area contributed by atoms with Crippen molar-refractivity contribution < 1.29 is 18.7 Å². The van der Waals surface area contributed by atoms with Gasteiger partial charge in [0.1, 0.15) is 10.5 Å². The Labute approximate surface area is 205 Å². The molecule has 9 heteroatoms. The zero-order valence-electron chi connectivity index (χ0n) is 19.7. The van der Waals surface area contributed by atoms with E-state index in [2.05, 4.69) is 4.98 Å². The number of esters is 1. The number of benzene rings is 2. The Morgan fingerprint density at radius 3 is 2.54 bits per heavy atom. The van der Waals surface area contributed by atoms with Gasteiger partial charge in [-0.2, -0.15) is 0 Å². The van der Waals surface area contributed by atoms with Gasteiger partial charge in [-0.1, -0.05) is 35.6 Å². The number of hydrogen-bond donors (Lipinski definition) is 0. The van der Waals surface area contributed by atoms with E-state index in [9.17, 15) is 14.4 Å². The summed E-state index contributed by atoms with van der Waals surface area (Å²) in [4.78, 5) is 48.0. The van der Waals surface area contributed by atoms with E-state index in [0.29, 0.717) is 26.7 Å². The van der Waals surface area contributed by atoms with Crippen molar-refractivity contribution in [2.45, 2.75) is 19.9 Å². The molecule has 1 unspecified atom stereocenters. The molecule has 0 N–H and O–H groups in total. The van der Waals surface area contributed by atoms with Crippen LogP contribution in [0, 0.1) is 6.92 Å². The summed E-state index contributed by atoms with van der Waals surface area (Å²) >= 11 is 1.06. The van der Waals surface area contributed by atoms with E-state index >= 15 is 0 Å². The number of fused-ring (bicyclic) bond motifs is 2.